The molecule has 0 aliphatic carbocycles. The molecule has 0 atom stereocenters. The van der Waals surface area contributed by atoms with Gasteiger partial charge in [-0.3, -0.25) is 0 Å². The molecule has 1 aromatic carbocycles. The predicted molar refractivity (Wildman–Crippen MR) is 59.3 cm³/mol. The number of ether oxygens (including phenoxy) is 1. The van der Waals surface area contributed by atoms with Crippen molar-refractivity contribution in [2.75, 3.05) is 13.7 Å². The first-order valence-electron chi connectivity index (χ1n) is 4.38. The van der Waals surface area contributed by atoms with Gasteiger partial charge in [0.25, 0.3) is 0 Å². The van der Waals surface area contributed by atoms with Crippen molar-refractivity contribution in [2.45, 2.75) is 13.0 Å². The van der Waals surface area contributed by atoms with Crippen molar-refractivity contribution in [3.05, 3.63) is 27.7 Å². The van der Waals surface area contributed by atoms with Crippen LogP contribution in [0.1, 0.15) is 11.1 Å². The number of nitrogens with two attached hydrogens (primary N) is 1. The molecule has 0 aliphatic heterocycles. The van der Waals surface area contributed by atoms with E-state index in [-0.39, 0.29) is 0 Å². The molecule has 3 N–H and O–H groups in total. The first-order chi connectivity index (χ1) is 6.69. The molecule has 0 fully saturated rings. The average molecular weight is 260 g/mol. The third-order valence-corrected chi connectivity index (χ3v) is 2.40. The van der Waals surface area contributed by atoms with Crippen molar-refractivity contribution in [1.29, 1.82) is 0 Å². The van der Waals surface area contributed by atoms with Crippen LogP contribution in [0.5, 0.6) is 5.75 Å². The minimum Gasteiger partial charge on any atom is -0.507 e. The maximum Gasteiger partial charge on any atom is 0.124 e. The summed E-state index contributed by atoms with van der Waals surface area (Å²) in [6.45, 7) is 0.930. The van der Waals surface area contributed by atoms with Gasteiger partial charge in [0.1, 0.15) is 5.75 Å². The van der Waals surface area contributed by atoms with Crippen molar-refractivity contribution in [1.82, 2.24) is 0 Å². The molecule has 0 aromatic heterocycles. The van der Waals surface area contributed by atoms with Crippen LogP contribution in [0.15, 0.2) is 16.6 Å². The van der Waals surface area contributed by atoms with Gasteiger partial charge in [0.2, 0.25) is 0 Å². The zero-order valence-electron chi connectivity index (χ0n) is 8.09. The number of methoxy groups -OCH3 is 1. The number of rotatable bonds is 4. The Morgan fingerprint density at radius 2 is 2.07 bits per heavy atom. The summed E-state index contributed by atoms with van der Waals surface area (Å²) >= 11 is 3.38. The molecule has 0 heterocycles. The number of phenols is 1. The predicted octanol–water partition coefficient (Wildman–Crippen LogP) is 1.80. The van der Waals surface area contributed by atoms with Gasteiger partial charge in [-0.1, -0.05) is 15.9 Å². The molecule has 0 aliphatic rings. The van der Waals surface area contributed by atoms with Gasteiger partial charge in [0.05, 0.1) is 6.61 Å². The summed E-state index contributed by atoms with van der Waals surface area (Å²) in [4.78, 5) is 0. The van der Waals surface area contributed by atoms with Gasteiger partial charge < -0.3 is 15.6 Å². The number of hydrogen-bond donors (Lipinski definition) is 2. The Morgan fingerprint density at radius 3 is 2.64 bits per heavy atom. The van der Waals surface area contributed by atoms with E-state index in [4.69, 9.17) is 10.5 Å². The third-order valence-electron chi connectivity index (χ3n) is 1.95. The van der Waals surface area contributed by atoms with E-state index in [1.807, 2.05) is 12.1 Å². The van der Waals surface area contributed by atoms with Gasteiger partial charge in [-0.05, 0) is 30.7 Å². The van der Waals surface area contributed by atoms with E-state index in [1.165, 1.54) is 0 Å². The topological polar surface area (TPSA) is 55.5 Å². The summed E-state index contributed by atoms with van der Waals surface area (Å²) in [5.41, 5.74) is 7.08. The van der Waals surface area contributed by atoms with Crippen LogP contribution in [0.2, 0.25) is 0 Å². The highest BCUT2D eigenvalue weighted by Gasteiger charge is 2.08. The highest BCUT2D eigenvalue weighted by atomic mass is 79.9. The van der Waals surface area contributed by atoms with Gasteiger partial charge in [0.15, 0.2) is 0 Å². The number of aromatic hydroxyl groups is 1. The van der Waals surface area contributed by atoms with E-state index in [0.717, 1.165) is 15.6 Å². The maximum atomic E-state index is 9.82. The standard InChI is InChI=1S/C10H14BrNO2/c1-14-6-8-5-9(11)4-7(2-3-12)10(8)13/h4-5,13H,2-3,6,12H2,1H3. The Balaban J connectivity index is 3.04. The molecule has 0 saturated carbocycles. The number of halogens is 1. The summed E-state index contributed by atoms with van der Waals surface area (Å²) < 4.78 is 5.92. The van der Waals surface area contributed by atoms with E-state index >= 15 is 0 Å². The van der Waals surface area contributed by atoms with Crippen LogP contribution in [0.3, 0.4) is 0 Å². The highest BCUT2D eigenvalue weighted by molar-refractivity contribution is 9.10. The Bertz CT molecular complexity index is 288. The minimum absolute atomic E-state index is 0.292. The van der Waals surface area contributed by atoms with Gasteiger partial charge in [-0.25, -0.2) is 0 Å². The Labute approximate surface area is 92.0 Å². The second-order valence-corrected chi connectivity index (χ2v) is 3.96. The van der Waals surface area contributed by atoms with Crippen LogP contribution in [0.4, 0.5) is 0 Å². The molecule has 4 heteroatoms. The smallest absolute Gasteiger partial charge is 0.124 e. The van der Waals surface area contributed by atoms with Crippen molar-refractivity contribution in [3.8, 4) is 5.75 Å². The molecule has 0 bridgehead atoms. The molecule has 14 heavy (non-hydrogen) atoms. The molecule has 0 saturated heterocycles. The Kier molecular flexibility index (Phi) is 4.38. The number of hydrogen-bond acceptors (Lipinski definition) is 3. The van der Waals surface area contributed by atoms with Crippen molar-refractivity contribution in [2.24, 2.45) is 5.73 Å². The fourth-order valence-corrected chi connectivity index (χ4v) is 1.88. The fourth-order valence-electron chi connectivity index (χ4n) is 1.33. The van der Waals surface area contributed by atoms with Crippen LogP contribution >= 0.6 is 15.9 Å². The summed E-state index contributed by atoms with van der Waals surface area (Å²) in [5, 5.41) is 9.82. The molecular formula is C10H14BrNO2. The van der Waals surface area contributed by atoms with Gasteiger partial charge in [-0.2, -0.15) is 0 Å². The molecule has 0 spiro atoms. The molecule has 0 unspecified atom stereocenters. The quantitative estimate of drug-likeness (QED) is 0.867. The van der Waals surface area contributed by atoms with Gasteiger partial charge in [-0.15, -0.1) is 0 Å². The molecule has 78 valence electrons. The maximum absolute atomic E-state index is 9.82. The fraction of sp³-hybridized carbons (Fsp3) is 0.400. The first-order valence-corrected chi connectivity index (χ1v) is 5.17. The highest BCUT2D eigenvalue weighted by Crippen LogP contribution is 2.28. The zero-order chi connectivity index (χ0) is 10.6. The van der Waals surface area contributed by atoms with E-state index in [0.29, 0.717) is 25.3 Å². The first kappa shape index (κ1) is 11.5. The van der Waals surface area contributed by atoms with E-state index < -0.39 is 0 Å². The monoisotopic (exact) mass is 259 g/mol. The Hall–Kier alpha value is -0.580. The molecule has 3 nitrogen and oxygen atoms in total. The van der Waals surface area contributed by atoms with E-state index in [1.54, 1.807) is 7.11 Å². The van der Waals surface area contributed by atoms with Crippen LogP contribution in [0, 0.1) is 0 Å². The largest absolute Gasteiger partial charge is 0.507 e. The number of phenolic OH excluding ortho intramolecular Hbond substituents is 1. The van der Waals surface area contributed by atoms with Crippen LogP contribution < -0.4 is 5.73 Å². The van der Waals surface area contributed by atoms with Crippen LogP contribution in [0.25, 0.3) is 0 Å². The molecule has 0 radical (unpaired) electrons. The van der Waals surface area contributed by atoms with Gasteiger partial charge in [0, 0.05) is 17.1 Å². The lowest BCUT2D eigenvalue weighted by Gasteiger charge is -2.09. The van der Waals surface area contributed by atoms with Crippen molar-refractivity contribution in [3.63, 3.8) is 0 Å². The normalized spacial score (nSPS) is 10.5. The lowest BCUT2D eigenvalue weighted by molar-refractivity contribution is 0.182. The molecular weight excluding hydrogens is 246 g/mol. The van der Waals surface area contributed by atoms with Crippen LogP contribution in [-0.4, -0.2) is 18.8 Å². The summed E-state index contributed by atoms with van der Waals surface area (Å²) in [6.07, 6.45) is 0.669. The van der Waals surface area contributed by atoms with Crippen molar-refractivity contribution < 1.29 is 9.84 Å². The van der Waals surface area contributed by atoms with Crippen LogP contribution in [-0.2, 0) is 17.8 Å². The lowest BCUT2D eigenvalue weighted by atomic mass is 10.1. The molecule has 0 amide bonds. The number of benzene rings is 1. The van der Waals surface area contributed by atoms with E-state index in [2.05, 4.69) is 15.9 Å². The van der Waals surface area contributed by atoms with Gasteiger partial charge >= 0.3 is 0 Å². The molecule has 1 rings (SSSR count). The SMILES string of the molecule is COCc1cc(Br)cc(CCN)c1O. The second kappa shape index (κ2) is 5.34. The Morgan fingerprint density at radius 1 is 1.43 bits per heavy atom. The summed E-state index contributed by atoms with van der Waals surface area (Å²) in [7, 11) is 1.60. The lowest BCUT2D eigenvalue weighted by Crippen LogP contribution is -2.04. The van der Waals surface area contributed by atoms with E-state index in [9.17, 15) is 5.11 Å². The minimum atomic E-state index is 0.292. The van der Waals surface area contributed by atoms with Crippen molar-refractivity contribution >= 4 is 15.9 Å². The molecule has 1 aromatic rings. The summed E-state index contributed by atoms with van der Waals surface area (Å²) in [5.74, 6) is 0.292. The third kappa shape index (κ3) is 2.70. The zero-order valence-corrected chi connectivity index (χ0v) is 9.67. The summed E-state index contributed by atoms with van der Waals surface area (Å²) in [6, 6.07) is 3.72. The second-order valence-electron chi connectivity index (χ2n) is 3.04. The average Bonchev–Trinajstić information content (AvgIpc) is 2.14.